The molecule has 528 valence electrons. The standard InChI is InChI=1S/C55H37N3O.C48H32N4S/c1-55(2)46-25-11-9-21-40(46)43-31-44-41-22-10-12-26-50(41)58(51(44)32-47(43)55)38-27-28-52-45(30-38)42-24-14-23-39(53(42)59-52)36-19-13-20-37(29-36)54-56-48(34-15-5-3-6-16-34)33-49(57-54)35-17-7-4-8-18-35;1-48(2)37-22-11-9-18-33(37)42-38(48)25-26-40-43(42)34-19-10-12-23-39(34)52(40)31-24-27-41-36(28-31)32-20-13-21-35(44(32)53-41)47-50-45(29-14-5-3-6-15-29)49-46(51-47)30-16-7-4-8-17-30/h3-33H,1-2H3;3-28H,1-2H3. The summed E-state index contributed by atoms with van der Waals surface area (Å²) in [5.41, 5.74) is 29.4. The summed E-state index contributed by atoms with van der Waals surface area (Å²) in [4.78, 5) is 25.3. The van der Waals surface area contributed by atoms with Gasteiger partial charge in [0.25, 0.3) is 0 Å². The van der Waals surface area contributed by atoms with Crippen molar-refractivity contribution < 1.29 is 4.42 Å². The summed E-state index contributed by atoms with van der Waals surface area (Å²) >= 11 is 1.80. The number of furan rings is 1. The van der Waals surface area contributed by atoms with E-state index in [2.05, 4.69) is 310 Å². The van der Waals surface area contributed by atoms with Gasteiger partial charge < -0.3 is 13.6 Å². The molecule has 0 amide bonds. The van der Waals surface area contributed by atoms with E-state index in [1.807, 2.05) is 72.8 Å². The molecule has 0 fully saturated rings. The molecule has 2 aliphatic rings. The van der Waals surface area contributed by atoms with Crippen LogP contribution >= 0.6 is 11.3 Å². The minimum atomic E-state index is -0.0964. The summed E-state index contributed by atoms with van der Waals surface area (Å²) in [5.74, 6) is 2.68. The van der Waals surface area contributed by atoms with E-state index in [4.69, 9.17) is 29.3 Å². The fourth-order valence-electron chi connectivity index (χ4n) is 18.1. The smallest absolute Gasteiger partial charge is 0.165 e. The Balaban J connectivity index is 0.000000138. The topological polar surface area (TPSA) is 87.5 Å². The Labute approximate surface area is 650 Å². The van der Waals surface area contributed by atoms with E-state index in [-0.39, 0.29) is 10.8 Å². The van der Waals surface area contributed by atoms with Crippen LogP contribution in [-0.2, 0) is 10.8 Å². The van der Waals surface area contributed by atoms with E-state index in [1.165, 1.54) is 108 Å². The molecule has 0 saturated heterocycles. The van der Waals surface area contributed by atoms with Crippen LogP contribution in [0.3, 0.4) is 0 Å². The van der Waals surface area contributed by atoms with Crippen LogP contribution in [-0.4, -0.2) is 34.1 Å². The van der Waals surface area contributed by atoms with Gasteiger partial charge in [-0.3, -0.25) is 0 Å². The predicted molar refractivity (Wildman–Crippen MR) is 464 cm³/mol. The van der Waals surface area contributed by atoms with Crippen molar-refractivity contribution in [2.24, 2.45) is 0 Å². The van der Waals surface area contributed by atoms with Gasteiger partial charge in [0.05, 0.1) is 33.5 Å². The quantitative estimate of drug-likeness (QED) is 0.143. The summed E-state index contributed by atoms with van der Waals surface area (Å²) in [6.07, 6.45) is 0. The average molecular weight is 1450 g/mol. The van der Waals surface area contributed by atoms with Crippen molar-refractivity contribution in [2.75, 3.05) is 0 Å². The number of thiophene rings is 1. The van der Waals surface area contributed by atoms with Gasteiger partial charge >= 0.3 is 0 Å². The van der Waals surface area contributed by atoms with Crippen molar-refractivity contribution in [3.8, 4) is 113 Å². The number of benzene rings is 15. The lowest BCUT2D eigenvalue weighted by Gasteiger charge is -2.21. The second-order valence-electron chi connectivity index (χ2n) is 30.6. The maximum absolute atomic E-state index is 6.77. The van der Waals surface area contributed by atoms with Gasteiger partial charge in [-0.1, -0.05) is 289 Å². The highest BCUT2D eigenvalue weighted by molar-refractivity contribution is 7.26. The Morgan fingerprint density at radius 3 is 1.47 bits per heavy atom. The molecule has 0 aliphatic heterocycles. The Hall–Kier alpha value is -14.0. The maximum atomic E-state index is 6.77. The van der Waals surface area contributed by atoms with Gasteiger partial charge in [-0.2, -0.15) is 0 Å². The van der Waals surface area contributed by atoms with Crippen molar-refractivity contribution in [1.29, 1.82) is 0 Å². The van der Waals surface area contributed by atoms with Crippen LogP contribution in [0.25, 0.3) is 199 Å². The molecular weight excluding hydrogens is 1380 g/mol. The van der Waals surface area contributed by atoms with Crippen molar-refractivity contribution in [3.63, 3.8) is 0 Å². The molecule has 2 aliphatic carbocycles. The first-order chi connectivity index (χ1) is 55.0. The third kappa shape index (κ3) is 10.2. The molecule has 0 radical (unpaired) electrons. The Morgan fingerprint density at radius 2 is 0.777 bits per heavy atom. The monoisotopic (exact) mass is 1450 g/mol. The summed E-state index contributed by atoms with van der Waals surface area (Å²) in [5, 5.41) is 9.71. The SMILES string of the molecule is CC1(C)c2ccccc2-c2c1ccc1c2c2ccccc2n1-c1ccc2sc3c(-c4nc(-c5ccccc5)nc(-c5ccccc5)n4)cccc3c2c1.CC1(C)c2ccccc2-c2cc3c4ccccc4n(-c4ccc5oc6c(-c7cccc(-c8nc(-c9ccccc9)cc(-c9ccccc9)n8)c7)cccc6c5c4)c3cc21. The molecule has 6 aromatic heterocycles. The van der Waals surface area contributed by atoms with Crippen molar-refractivity contribution in [1.82, 2.24) is 34.1 Å². The second-order valence-corrected chi connectivity index (χ2v) is 31.6. The first-order valence-corrected chi connectivity index (χ1v) is 39.1. The second kappa shape index (κ2) is 25.3. The largest absolute Gasteiger partial charge is 0.455 e. The lowest BCUT2D eigenvalue weighted by Crippen LogP contribution is -2.14. The number of nitrogens with zero attached hydrogens (tertiary/aromatic N) is 7. The van der Waals surface area contributed by atoms with E-state index in [9.17, 15) is 0 Å². The number of hydrogen-bond acceptors (Lipinski definition) is 7. The Bertz CT molecular complexity index is 7320. The first kappa shape index (κ1) is 65.1. The molecule has 9 heteroatoms. The highest BCUT2D eigenvalue weighted by Gasteiger charge is 2.39. The van der Waals surface area contributed by atoms with Crippen LogP contribution in [0.1, 0.15) is 49.9 Å². The number of hydrogen-bond donors (Lipinski definition) is 0. The number of rotatable bonds is 9. The van der Waals surface area contributed by atoms with Gasteiger partial charge in [0.1, 0.15) is 11.2 Å². The molecule has 0 bridgehead atoms. The fraction of sp³-hybridized carbons (Fsp3) is 0.0583. The lowest BCUT2D eigenvalue weighted by molar-refractivity contribution is 0.660. The minimum absolute atomic E-state index is 0.0578. The molecule has 0 unspecified atom stereocenters. The molecule has 0 saturated carbocycles. The van der Waals surface area contributed by atoms with E-state index in [0.29, 0.717) is 23.3 Å². The zero-order chi connectivity index (χ0) is 74.5. The van der Waals surface area contributed by atoms with Crippen LogP contribution < -0.4 is 0 Å². The minimum Gasteiger partial charge on any atom is -0.455 e. The highest BCUT2D eigenvalue weighted by Crippen LogP contribution is 2.55. The number of aromatic nitrogens is 7. The van der Waals surface area contributed by atoms with Gasteiger partial charge in [-0.25, -0.2) is 24.9 Å². The van der Waals surface area contributed by atoms with Crippen molar-refractivity contribution in [2.45, 2.75) is 38.5 Å². The Kier molecular flexibility index (Phi) is 14.7. The van der Waals surface area contributed by atoms with Crippen LogP contribution in [0.4, 0.5) is 0 Å². The molecule has 0 atom stereocenters. The van der Waals surface area contributed by atoms with E-state index >= 15 is 0 Å². The van der Waals surface area contributed by atoms with Gasteiger partial charge in [0.15, 0.2) is 23.3 Å². The van der Waals surface area contributed by atoms with E-state index in [1.54, 1.807) is 11.3 Å². The van der Waals surface area contributed by atoms with Gasteiger partial charge in [0, 0.05) is 114 Å². The summed E-state index contributed by atoms with van der Waals surface area (Å²) in [7, 11) is 0. The summed E-state index contributed by atoms with van der Waals surface area (Å²) in [6, 6.07) is 123. The third-order valence-electron chi connectivity index (χ3n) is 23.5. The normalized spacial score (nSPS) is 13.1. The van der Waals surface area contributed by atoms with Gasteiger partial charge in [-0.15, -0.1) is 11.3 Å². The molecule has 0 spiro atoms. The zero-order valence-electron chi connectivity index (χ0n) is 61.9. The third-order valence-corrected chi connectivity index (χ3v) is 24.7. The fourth-order valence-corrected chi connectivity index (χ4v) is 19.3. The molecular formula is C103H69N7OS. The van der Waals surface area contributed by atoms with Crippen LogP contribution in [0.2, 0.25) is 0 Å². The summed E-state index contributed by atoms with van der Waals surface area (Å²) < 4.78 is 14.1. The Morgan fingerprint density at radius 1 is 0.277 bits per heavy atom. The molecule has 6 heterocycles. The van der Waals surface area contributed by atoms with Crippen molar-refractivity contribution >= 4 is 97.1 Å². The van der Waals surface area contributed by atoms with Crippen LogP contribution in [0, 0.1) is 0 Å². The molecule has 23 rings (SSSR count). The highest BCUT2D eigenvalue weighted by atomic mass is 32.1. The molecule has 0 N–H and O–H groups in total. The maximum Gasteiger partial charge on any atom is 0.165 e. The predicted octanol–water partition coefficient (Wildman–Crippen LogP) is 27.1. The number of fused-ring (bicyclic) bond motifs is 19. The lowest BCUT2D eigenvalue weighted by atomic mass is 9.82. The van der Waals surface area contributed by atoms with E-state index < -0.39 is 0 Å². The van der Waals surface area contributed by atoms with Gasteiger partial charge in [-0.05, 0) is 135 Å². The van der Waals surface area contributed by atoms with Crippen molar-refractivity contribution in [3.05, 3.63) is 368 Å². The molecule has 8 nitrogen and oxygen atoms in total. The number of para-hydroxylation sites is 3. The molecule has 112 heavy (non-hydrogen) atoms. The van der Waals surface area contributed by atoms with E-state index in [0.717, 1.165) is 89.2 Å². The van der Waals surface area contributed by atoms with Gasteiger partial charge in [0.2, 0.25) is 0 Å². The average Bonchev–Trinajstić information content (AvgIpc) is 1.53. The zero-order valence-corrected chi connectivity index (χ0v) is 62.7. The van der Waals surface area contributed by atoms with Crippen LogP contribution in [0.15, 0.2) is 350 Å². The summed E-state index contributed by atoms with van der Waals surface area (Å²) in [6.45, 7) is 9.41. The molecule has 15 aromatic carbocycles. The first-order valence-electron chi connectivity index (χ1n) is 38.3. The molecule has 21 aromatic rings. The van der Waals surface area contributed by atoms with Crippen LogP contribution in [0.5, 0.6) is 0 Å².